The molecule has 1 aliphatic carbocycles. The van der Waals surface area contributed by atoms with E-state index in [1.54, 1.807) is 12.1 Å². The summed E-state index contributed by atoms with van der Waals surface area (Å²) in [6.45, 7) is 2.16. The lowest BCUT2D eigenvalue weighted by Gasteiger charge is -2.12. The van der Waals surface area contributed by atoms with Gasteiger partial charge in [-0.25, -0.2) is 0 Å². The van der Waals surface area contributed by atoms with Crippen molar-refractivity contribution in [3.63, 3.8) is 0 Å². The molecule has 1 saturated carbocycles. The van der Waals surface area contributed by atoms with Gasteiger partial charge in [0.25, 0.3) is 5.91 Å². The fraction of sp³-hybridized carbons (Fsp3) is 0.538. The second-order valence-corrected chi connectivity index (χ2v) is 6.07. The van der Waals surface area contributed by atoms with E-state index < -0.39 is 0 Å². The number of carbonyl (C=O) groups excluding carboxylic acids is 1. The number of nitrogens with one attached hydrogen (secondary N) is 2. The average molecular weight is 266 g/mol. The molecule has 1 fully saturated rings. The van der Waals surface area contributed by atoms with Crippen molar-refractivity contribution in [1.29, 1.82) is 0 Å². The molecule has 0 saturated heterocycles. The minimum Gasteiger partial charge on any atom is -0.348 e. The Labute approximate surface area is 111 Å². The van der Waals surface area contributed by atoms with Crippen LogP contribution >= 0.6 is 11.8 Å². The van der Waals surface area contributed by atoms with Crippen molar-refractivity contribution in [2.45, 2.75) is 37.5 Å². The summed E-state index contributed by atoms with van der Waals surface area (Å²) in [6.07, 6.45) is 3.22. The number of rotatable bonds is 4. The van der Waals surface area contributed by atoms with Gasteiger partial charge < -0.3 is 10.3 Å². The summed E-state index contributed by atoms with van der Waals surface area (Å²) in [4.78, 5) is 25.6. The predicted octanol–water partition coefficient (Wildman–Crippen LogP) is 1.78. The molecule has 5 heteroatoms. The van der Waals surface area contributed by atoms with Gasteiger partial charge in [-0.05, 0) is 31.1 Å². The van der Waals surface area contributed by atoms with E-state index in [0.29, 0.717) is 10.9 Å². The molecule has 18 heavy (non-hydrogen) atoms. The van der Waals surface area contributed by atoms with Crippen LogP contribution in [0.3, 0.4) is 0 Å². The maximum Gasteiger partial charge on any atom is 0.268 e. The van der Waals surface area contributed by atoms with Crippen molar-refractivity contribution in [3.05, 3.63) is 34.2 Å². The first-order chi connectivity index (χ1) is 8.69. The number of aromatic amines is 1. The molecule has 1 aromatic rings. The van der Waals surface area contributed by atoms with Gasteiger partial charge in [-0.15, -0.1) is 0 Å². The van der Waals surface area contributed by atoms with E-state index in [9.17, 15) is 9.59 Å². The molecular formula is C13H18N2O2S. The minimum atomic E-state index is -0.242. The molecule has 2 atom stereocenters. The zero-order chi connectivity index (χ0) is 13.0. The van der Waals surface area contributed by atoms with Gasteiger partial charge >= 0.3 is 0 Å². The standard InChI is InChI=1S/C13H18N2O2S/c1-2-18-10-7-6-9(8-10)14-13(17)11-4-3-5-12(16)15-11/h3-5,9-10H,2,6-8H2,1H3,(H,14,17)(H,15,16). The Morgan fingerprint density at radius 3 is 3.06 bits per heavy atom. The number of pyridine rings is 1. The number of thioether (sulfide) groups is 1. The molecule has 2 N–H and O–H groups in total. The van der Waals surface area contributed by atoms with E-state index >= 15 is 0 Å². The first kappa shape index (κ1) is 13.2. The molecule has 4 nitrogen and oxygen atoms in total. The zero-order valence-corrected chi connectivity index (χ0v) is 11.3. The Kier molecular flexibility index (Phi) is 4.47. The lowest BCUT2D eigenvalue weighted by molar-refractivity contribution is 0.0932. The van der Waals surface area contributed by atoms with Gasteiger partial charge in [-0.3, -0.25) is 9.59 Å². The third kappa shape index (κ3) is 3.38. The van der Waals surface area contributed by atoms with Gasteiger partial charge in [0.15, 0.2) is 0 Å². The normalized spacial score (nSPS) is 22.9. The lowest BCUT2D eigenvalue weighted by atomic mass is 10.2. The summed E-state index contributed by atoms with van der Waals surface area (Å²) in [5, 5.41) is 3.65. The summed E-state index contributed by atoms with van der Waals surface area (Å²) in [6, 6.07) is 4.87. The van der Waals surface area contributed by atoms with Crippen molar-refractivity contribution < 1.29 is 4.79 Å². The molecule has 1 amide bonds. The summed E-state index contributed by atoms with van der Waals surface area (Å²) in [5.41, 5.74) is 0.0996. The van der Waals surface area contributed by atoms with Crippen LogP contribution in [0, 0.1) is 0 Å². The Balaban J connectivity index is 1.91. The summed E-state index contributed by atoms with van der Waals surface area (Å²) < 4.78 is 0. The number of carbonyl (C=O) groups is 1. The highest BCUT2D eigenvalue weighted by Crippen LogP contribution is 2.29. The van der Waals surface area contributed by atoms with Crippen molar-refractivity contribution in [1.82, 2.24) is 10.3 Å². The predicted molar refractivity (Wildman–Crippen MR) is 74.1 cm³/mol. The van der Waals surface area contributed by atoms with E-state index in [-0.39, 0.29) is 17.5 Å². The van der Waals surface area contributed by atoms with Crippen LogP contribution in [0.4, 0.5) is 0 Å². The van der Waals surface area contributed by atoms with E-state index in [4.69, 9.17) is 0 Å². The molecule has 2 unspecified atom stereocenters. The molecule has 2 rings (SSSR count). The van der Waals surface area contributed by atoms with Crippen LogP contribution in [0.25, 0.3) is 0 Å². The molecular weight excluding hydrogens is 248 g/mol. The fourth-order valence-corrected chi connectivity index (χ4v) is 3.44. The highest BCUT2D eigenvalue weighted by molar-refractivity contribution is 7.99. The Morgan fingerprint density at radius 1 is 1.50 bits per heavy atom. The van der Waals surface area contributed by atoms with Crippen LogP contribution in [0.2, 0.25) is 0 Å². The number of hydrogen-bond donors (Lipinski definition) is 2. The molecule has 1 heterocycles. The van der Waals surface area contributed by atoms with E-state index in [1.165, 1.54) is 6.07 Å². The third-order valence-electron chi connectivity index (χ3n) is 3.14. The van der Waals surface area contributed by atoms with Crippen LogP contribution in [0.1, 0.15) is 36.7 Å². The highest BCUT2D eigenvalue weighted by Gasteiger charge is 2.26. The number of H-pyrrole nitrogens is 1. The summed E-state index contributed by atoms with van der Waals surface area (Å²) in [7, 11) is 0. The fourth-order valence-electron chi connectivity index (χ4n) is 2.30. The van der Waals surface area contributed by atoms with Gasteiger partial charge in [0.1, 0.15) is 5.69 Å². The smallest absolute Gasteiger partial charge is 0.268 e. The third-order valence-corrected chi connectivity index (χ3v) is 4.37. The van der Waals surface area contributed by atoms with E-state index in [0.717, 1.165) is 25.0 Å². The highest BCUT2D eigenvalue weighted by atomic mass is 32.2. The molecule has 1 aromatic heterocycles. The van der Waals surface area contributed by atoms with Crippen LogP contribution in [-0.4, -0.2) is 27.9 Å². The SMILES string of the molecule is CCSC1CCC(NC(=O)c2cccc(=O)[nH]2)C1. The first-order valence-electron chi connectivity index (χ1n) is 6.31. The van der Waals surface area contributed by atoms with Crippen LogP contribution in [0.5, 0.6) is 0 Å². The van der Waals surface area contributed by atoms with Crippen molar-refractivity contribution >= 4 is 17.7 Å². The maximum atomic E-state index is 11.9. The average Bonchev–Trinajstić information content (AvgIpc) is 2.77. The minimum absolute atomic E-state index is 0.181. The molecule has 0 aromatic carbocycles. The topological polar surface area (TPSA) is 62.0 Å². The number of hydrogen-bond acceptors (Lipinski definition) is 3. The Morgan fingerprint density at radius 2 is 2.33 bits per heavy atom. The quantitative estimate of drug-likeness (QED) is 0.873. The van der Waals surface area contributed by atoms with Gasteiger partial charge in [0, 0.05) is 17.4 Å². The van der Waals surface area contributed by atoms with Gasteiger partial charge in [-0.2, -0.15) is 11.8 Å². The first-order valence-corrected chi connectivity index (χ1v) is 7.35. The zero-order valence-electron chi connectivity index (χ0n) is 10.4. The molecule has 0 bridgehead atoms. The second kappa shape index (κ2) is 6.09. The van der Waals surface area contributed by atoms with Gasteiger partial charge in [0.05, 0.1) is 0 Å². The van der Waals surface area contributed by atoms with E-state index in [1.807, 2.05) is 11.8 Å². The lowest BCUT2D eigenvalue weighted by Crippen LogP contribution is -2.34. The van der Waals surface area contributed by atoms with Crippen molar-refractivity contribution in [3.8, 4) is 0 Å². The maximum absolute atomic E-state index is 11.9. The number of amides is 1. The van der Waals surface area contributed by atoms with Gasteiger partial charge in [-0.1, -0.05) is 13.0 Å². The van der Waals surface area contributed by atoms with Gasteiger partial charge in [0.2, 0.25) is 5.56 Å². The summed E-state index contributed by atoms with van der Waals surface area (Å²) in [5.74, 6) is 0.942. The largest absolute Gasteiger partial charge is 0.348 e. The molecule has 98 valence electrons. The monoisotopic (exact) mass is 266 g/mol. The van der Waals surface area contributed by atoms with Crippen LogP contribution in [-0.2, 0) is 0 Å². The number of aromatic nitrogens is 1. The van der Waals surface area contributed by atoms with Crippen LogP contribution < -0.4 is 10.9 Å². The second-order valence-electron chi connectivity index (χ2n) is 4.49. The van der Waals surface area contributed by atoms with Crippen molar-refractivity contribution in [2.24, 2.45) is 0 Å². The van der Waals surface area contributed by atoms with E-state index in [2.05, 4.69) is 17.2 Å². The van der Waals surface area contributed by atoms with Crippen LogP contribution in [0.15, 0.2) is 23.0 Å². The molecule has 0 spiro atoms. The Bertz CT molecular complexity index is 472. The van der Waals surface area contributed by atoms with Crippen molar-refractivity contribution in [2.75, 3.05) is 5.75 Å². The molecule has 0 radical (unpaired) electrons. The molecule has 1 aliphatic rings. The Hall–Kier alpha value is -1.23. The molecule has 0 aliphatic heterocycles. The summed E-state index contributed by atoms with van der Waals surface area (Å²) >= 11 is 1.96.